The number of ether oxygens (including phenoxy) is 1. The molecule has 0 aliphatic heterocycles. The SMILES string of the molecule is CCCCCCCCc1c(Oc2ccc(O)cc2)cccc1S(=O)(=O)O. The molecule has 0 saturated carbocycles. The van der Waals surface area contributed by atoms with E-state index >= 15 is 0 Å². The Bertz CT molecular complexity index is 797. The highest BCUT2D eigenvalue weighted by Gasteiger charge is 2.19. The first-order chi connectivity index (χ1) is 12.4. The zero-order valence-corrected chi connectivity index (χ0v) is 15.8. The third-order valence-corrected chi connectivity index (χ3v) is 5.15. The van der Waals surface area contributed by atoms with Gasteiger partial charge in [-0.2, -0.15) is 8.42 Å². The lowest BCUT2D eigenvalue weighted by Gasteiger charge is -2.14. The molecule has 0 atom stereocenters. The van der Waals surface area contributed by atoms with Crippen LogP contribution >= 0.6 is 0 Å². The number of rotatable bonds is 10. The van der Waals surface area contributed by atoms with E-state index in [0.29, 0.717) is 23.5 Å². The minimum absolute atomic E-state index is 0.109. The maximum Gasteiger partial charge on any atom is 0.294 e. The second-order valence-electron chi connectivity index (χ2n) is 6.32. The van der Waals surface area contributed by atoms with Crippen molar-refractivity contribution < 1.29 is 22.8 Å². The summed E-state index contributed by atoms with van der Waals surface area (Å²) in [6, 6.07) is 10.8. The molecule has 0 amide bonds. The monoisotopic (exact) mass is 378 g/mol. The molecular formula is C20H26O5S. The normalized spacial score (nSPS) is 11.5. The third-order valence-electron chi connectivity index (χ3n) is 4.21. The molecule has 2 rings (SSSR count). The van der Waals surface area contributed by atoms with E-state index in [4.69, 9.17) is 4.74 Å². The van der Waals surface area contributed by atoms with Crippen molar-refractivity contribution in [3.05, 3.63) is 48.0 Å². The largest absolute Gasteiger partial charge is 0.508 e. The fraction of sp³-hybridized carbons (Fsp3) is 0.400. The van der Waals surface area contributed by atoms with Gasteiger partial charge < -0.3 is 9.84 Å². The number of unbranched alkanes of at least 4 members (excludes halogenated alkanes) is 5. The Morgan fingerprint density at radius 3 is 2.23 bits per heavy atom. The number of phenols is 1. The zero-order valence-electron chi connectivity index (χ0n) is 15.0. The van der Waals surface area contributed by atoms with Gasteiger partial charge in [0.1, 0.15) is 22.1 Å². The summed E-state index contributed by atoms with van der Waals surface area (Å²) in [6.45, 7) is 2.16. The first-order valence-electron chi connectivity index (χ1n) is 8.98. The maximum atomic E-state index is 11.7. The highest BCUT2D eigenvalue weighted by atomic mass is 32.2. The van der Waals surface area contributed by atoms with Gasteiger partial charge in [0, 0.05) is 5.56 Å². The lowest BCUT2D eigenvalue weighted by Crippen LogP contribution is -2.05. The molecule has 26 heavy (non-hydrogen) atoms. The highest BCUT2D eigenvalue weighted by molar-refractivity contribution is 7.85. The maximum absolute atomic E-state index is 11.7. The second-order valence-corrected chi connectivity index (χ2v) is 7.71. The minimum atomic E-state index is -4.33. The van der Waals surface area contributed by atoms with E-state index < -0.39 is 10.1 Å². The van der Waals surface area contributed by atoms with E-state index in [9.17, 15) is 18.1 Å². The quantitative estimate of drug-likeness (QED) is 0.431. The van der Waals surface area contributed by atoms with Crippen molar-refractivity contribution in [2.75, 3.05) is 0 Å². The van der Waals surface area contributed by atoms with Crippen LogP contribution in [0.5, 0.6) is 17.2 Å². The zero-order chi connectivity index (χ0) is 19.0. The molecule has 2 aromatic carbocycles. The van der Waals surface area contributed by atoms with Crippen molar-refractivity contribution in [3.63, 3.8) is 0 Å². The molecule has 0 fully saturated rings. The van der Waals surface area contributed by atoms with Crippen LogP contribution in [0.3, 0.4) is 0 Å². The number of hydrogen-bond acceptors (Lipinski definition) is 4. The van der Waals surface area contributed by atoms with Crippen molar-refractivity contribution >= 4 is 10.1 Å². The molecule has 5 nitrogen and oxygen atoms in total. The van der Waals surface area contributed by atoms with Gasteiger partial charge in [-0.15, -0.1) is 0 Å². The number of hydrogen-bond donors (Lipinski definition) is 2. The smallest absolute Gasteiger partial charge is 0.294 e. The molecule has 0 bridgehead atoms. The average molecular weight is 378 g/mol. The van der Waals surface area contributed by atoms with E-state index in [1.54, 1.807) is 24.3 Å². The van der Waals surface area contributed by atoms with E-state index in [-0.39, 0.29) is 10.6 Å². The van der Waals surface area contributed by atoms with Crippen LogP contribution in [0.4, 0.5) is 0 Å². The Hall–Kier alpha value is -2.05. The van der Waals surface area contributed by atoms with Crippen molar-refractivity contribution in [3.8, 4) is 17.2 Å². The molecule has 0 spiro atoms. The number of phenolic OH excluding ortho intramolecular Hbond substituents is 1. The average Bonchev–Trinajstić information content (AvgIpc) is 2.60. The lowest BCUT2D eigenvalue weighted by molar-refractivity contribution is 0.456. The van der Waals surface area contributed by atoms with Gasteiger partial charge in [-0.05, 0) is 49.2 Å². The number of benzene rings is 2. The van der Waals surface area contributed by atoms with E-state index in [1.165, 1.54) is 37.5 Å². The van der Waals surface area contributed by atoms with Crippen LogP contribution in [0, 0.1) is 0 Å². The topological polar surface area (TPSA) is 83.8 Å². The van der Waals surface area contributed by atoms with Crippen molar-refractivity contribution in [2.24, 2.45) is 0 Å². The van der Waals surface area contributed by atoms with Gasteiger partial charge in [0.05, 0.1) is 0 Å². The predicted molar refractivity (Wildman–Crippen MR) is 102 cm³/mol. The van der Waals surface area contributed by atoms with E-state index in [0.717, 1.165) is 19.3 Å². The molecule has 0 aromatic heterocycles. The van der Waals surface area contributed by atoms with Gasteiger partial charge in [-0.25, -0.2) is 0 Å². The molecule has 0 aliphatic rings. The first kappa shape index (κ1) is 20.3. The molecule has 0 radical (unpaired) electrons. The molecule has 0 aliphatic carbocycles. The molecule has 2 N–H and O–H groups in total. The molecule has 6 heteroatoms. The summed E-state index contributed by atoms with van der Waals surface area (Å²) in [5.41, 5.74) is 0.485. The Kier molecular flexibility index (Phi) is 7.48. The molecule has 2 aromatic rings. The number of aromatic hydroxyl groups is 1. The van der Waals surface area contributed by atoms with Gasteiger partial charge in [0.2, 0.25) is 0 Å². The highest BCUT2D eigenvalue weighted by Crippen LogP contribution is 2.32. The van der Waals surface area contributed by atoms with E-state index in [1.807, 2.05) is 0 Å². The molecular weight excluding hydrogens is 352 g/mol. The van der Waals surface area contributed by atoms with Crippen LogP contribution < -0.4 is 4.74 Å². The van der Waals surface area contributed by atoms with Crippen LogP contribution in [0.1, 0.15) is 51.0 Å². The standard InChI is InChI=1S/C20H26O5S/c1-2-3-4-5-6-7-9-18-19(10-8-11-20(18)26(22,23)24)25-17-14-12-16(21)13-15-17/h8,10-15,21H,2-7,9H2,1H3,(H,22,23,24). The third kappa shape index (κ3) is 6.04. The Labute approximate surface area is 155 Å². The molecule has 0 unspecified atom stereocenters. The van der Waals surface area contributed by atoms with Gasteiger partial charge in [-0.3, -0.25) is 4.55 Å². The van der Waals surface area contributed by atoms with Crippen LogP contribution in [-0.4, -0.2) is 18.1 Å². The molecule has 142 valence electrons. The summed E-state index contributed by atoms with van der Waals surface area (Å²) in [4.78, 5) is -0.109. The molecule has 0 heterocycles. The van der Waals surface area contributed by atoms with Crippen molar-refractivity contribution in [1.82, 2.24) is 0 Å². The van der Waals surface area contributed by atoms with Gasteiger partial charge in [0.25, 0.3) is 10.1 Å². The lowest BCUT2D eigenvalue weighted by atomic mass is 10.0. The van der Waals surface area contributed by atoms with Gasteiger partial charge in [-0.1, -0.05) is 45.1 Å². The predicted octanol–water partition coefficient (Wildman–Crippen LogP) is 5.33. The van der Waals surface area contributed by atoms with Crippen LogP contribution in [0.2, 0.25) is 0 Å². The first-order valence-corrected chi connectivity index (χ1v) is 10.4. The minimum Gasteiger partial charge on any atom is -0.508 e. The van der Waals surface area contributed by atoms with E-state index in [2.05, 4.69) is 6.92 Å². The Balaban J connectivity index is 2.19. The second kappa shape index (κ2) is 9.59. The summed E-state index contributed by atoms with van der Waals surface area (Å²) < 4.78 is 38.9. The Morgan fingerprint density at radius 2 is 1.58 bits per heavy atom. The van der Waals surface area contributed by atoms with Crippen LogP contribution in [0.15, 0.2) is 47.4 Å². The van der Waals surface area contributed by atoms with Gasteiger partial charge >= 0.3 is 0 Å². The van der Waals surface area contributed by atoms with Crippen LogP contribution in [0.25, 0.3) is 0 Å². The summed E-state index contributed by atoms with van der Waals surface area (Å²) in [5, 5.41) is 9.37. The fourth-order valence-electron chi connectivity index (χ4n) is 2.85. The van der Waals surface area contributed by atoms with Crippen molar-refractivity contribution in [2.45, 2.75) is 56.8 Å². The fourth-order valence-corrected chi connectivity index (χ4v) is 3.62. The molecule has 0 saturated heterocycles. The Morgan fingerprint density at radius 1 is 0.923 bits per heavy atom. The van der Waals surface area contributed by atoms with Crippen LogP contribution in [-0.2, 0) is 16.5 Å². The van der Waals surface area contributed by atoms with Gasteiger partial charge in [0.15, 0.2) is 0 Å². The summed E-state index contributed by atoms with van der Waals surface area (Å²) >= 11 is 0. The summed E-state index contributed by atoms with van der Waals surface area (Å²) in [5.74, 6) is 1.01. The summed E-state index contributed by atoms with van der Waals surface area (Å²) in [6.07, 6.45) is 6.99. The summed E-state index contributed by atoms with van der Waals surface area (Å²) in [7, 11) is -4.33. The van der Waals surface area contributed by atoms with Crippen molar-refractivity contribution in [1.29, 1.82) is 0 Å².